The molecule has 5 nitrogen and oxygen atoms in total. The molecule has 0 spiro atoms. The third kappa shape index (κ3) is 7.35. The number of ether oxygens (including phenoxy) is 1. The first-order valence-corrected chi connectivity index (χ1v) is 13.3. The maximum atomic E-state index is 13.0. The zero-order valence-corrected chi connectivity index (χ0v) is 19.8. The van der Waals surface area contributed by atoms with Crippen LogP contribution in [0.2, 0.25) is 5.02 Å². The van der Waals surface area contributed by atoms with E-state index < -0.39 is 10.0 Å². The van der Waals surface area contributed by atoms with E-state index in [-0.39, 0.29) is 11.0 Å². The largest absolute Gasteiger partial charge is 0.378 e. The van der Waals surface area contributed by atoms with Gasteiger partial charge in [0.15, 0.2) is 0 Å². The molecule has 1 saturated carbocycles. The lowest BCUT2D eigenvalue weighted by molar-refractivity contribution is 0.00806. The molecule has 1 N–H and O–H groups in total. The molecule has 7 heteroatoms. The summed E-state index contributed by atoms with van der Waals surface area (Å²) in [5.74, 6) is 0.715. The van der Waals surface area contributed by atoms with Crippen LogP contribution >= 0.6 is 11.6 Å². The molecule has 2 fully saturated rings. The molecule has 1 aliphatic heterocycles. The topological polar surface area (TPSA) is 58.6 Å². The number of allylic oxidation sites excluding steroid dienone is 2. The Morgan fingerprint density at radius 3 is 2.61 bits per heavy atom. The van der Waals surface area contributed by atoms with Crippen LogP contribution in [0.25, 0.3) is 0 Å². The summed E-state index contributed by atoms with van der Waals surface area (Å²) >= 11 is 6.15. The molecule has 1 heterocycles. The second-order valence-corrected chi connectivity index (χ2v) is 10.7. The summed E-state index contributed by atoms with van der Waals surface area (Å²) in [6.07, 6.45) is 14.7. The highest BCUT2D eigenvalue weighted by Gasteiger charge is 2.26. The van der Waals surface area contributed by atoms with Crippen molar-refractivity contribution in [2.75, 3.05) is 31.1 Å². The summed E-state index contributed by atoms with van der Waals surface area (Å²) in [6, 6.07) is 5.12. The summed E-state index contributed by atoms with van der Waals surface area (Å²) in [5.41, 5.74) is 0.712. The van der Waals surface area contributed by atoms with Gasteiger partial charge in [-0.25, -0.2) is 13.1 Å². The van der Waals surface area contributed by atoms with Crippen LogP contribution in [-0.2, 0) is 14.8 Å². The van der Waals surface area contributed by atoms with Crippen molar-refractivity contribution in [3.63, 3.8) is 0 Å². The summed E-state index contributed by atoms with van der Waals surface area (Å²) in [4.78, 5) is 2.39. The van der Waals surface area contributed by atoms with Gasteiger partial charge in [0.05, 0.1) is 11.8 Å². The van der Waals surface area contributed by atoms with Crippen molar-refractivity contribution < 1.29 is 13.2 Å². The van der Waals surface area contributed by atoms with E-state index >= 15 is 0 Å². The zero-order chi connectivity index (χ0) is 22.1. The predicted molar refractivity (Wildman–Crippen MR) is 128 cm³/mol. The van der Waals surface area contributed by atoms with E-state index in [2.05, 4.69) is 16.2 Å². The van der Waals surface area contributed by atoms with Gasteiger partial charge >= 0.3 is 0 Å². The van der Waals surface area contributed by atoms with Crippen molar-refractivity contribution in [1.29, 1.82) is 0 Å². The van der Waals surface area contributed by atoms with Gasteiger partial charge in [-0.3, -0.25) is 0 Å². The molecular weight excluding hydrogens is 432 g/mol. The maximum Gasteiger partial charge on any atom is 0.242 e. The van der Waals surface area contributed by atoms with Crippen molar-refractivity contribution in [3.8, 4) is 0 Å². The molecule has 1 aliphatic carbocycles. The van der Waals surface area contributed by atoms with Gasteiger partial charge < -0.3 is 9.64 Å². The predicted octanol–water partition coefficient (Wildman–Crippen LogP) is 5.32. The van der Waals surface area contributed by atoms with Gasteiger partial charge in [0, 0.05) is 31.3 Å². The fourth-order valence-electron chi connectivity index (χ4n) is 4.40. The second kappa shape index (κ2) is 12.0. The lowest BCUT2D eigenvalue weighted by Crippen LogP contribution is -2.39. The Labute approximate surface area is 192 Å². The van der Waals surface area contributed by atoms with Gasteiger partial charge in [-0.15, -0.1) is 0 Å². The highest BCUT2D eigenvalue weighted by Crippen LogP contribution is 2.31. The van der Waals surface area contributed by atoms with Gasteiger partial charge in [0.25, 0.3) is 0 Å². The molecule has 1 aromatic carbocycles. The van der Waals surface area contributed by atoms with Crippen molar-refractivity contribution in [3.05, 3.63) is 48.0 Å². The average Bonchev–Trinajstić information content (AvgIpc) is 2.78. The number of halogens is 1. The summed E-state index contributed by atoms with van der Waals surface area (Å²) in [5, 5.41) is 0.418. The van der Waals surface area contributed by atoms with E-state index in [0.717, 1.165) is 32.5 Å². The number of rotatable bonds is 10. The van der Waals surface area contributed by atoms with Crippen molar-refractivity contribution in [2.45, 2.75) is 62.4 Å². The third-order valence-corrected chi connectivity index (χ3v) is 7.89. The number of nitrogens with zero attached hydrogens (tertiary/aromatic N) is 1. The van der Waals surface area contributed by atoms with Crippen LogP contribution in [0.5, 0.6) is 0 Å². The van der Waals surface area contributed by atoms with Crippen molar-refractivity contribution >= 4 is 27.3 Å². The molecule has 1 saturated heterocycles. The Morgan fingerprint density at radius 2 is 1.90 bits per heavy atom. The lowest BCUT2D eigenvalue weighted by atomic mass is 9.90. The Kier molecular flexibility index (Phi) is 9.45. The Balaban J connectivity index is 1.58. The van der Waals surface area contributed by atoms with Crippen LogP contribution in [0.1, 0.15) is 51.4 Å². The molecule has 0 aromatic heterocycles. The molecule has 2 aliphatic rings. The first kappa shape index (κ1) is 24.3. The number of hydrogen-bond donors (Lipinski definition) is 1. The number of anilines is 1. The Hall–Kier alpha value is -1.34. The molecule has 172 valence electrons. The molecule has 0 radical (unpaired) electrons. The number of nitrogens with one attached hydrogen (secondary N) is 1. The minimum Gasteiger partial charge on any atom is -0.378 e. The highest BCUT2D eigenvalue weighted by atomic mass is 35.5. The van der Waals surface area contributed by atoms with Gasteiger partial charge in [-0.2, -0.15) is 0 Å². The van der Waals surface area contributed by atoms with E-state index in [1.807, 2.05) is 12.1 Å². The van der Waals surface area contributed by atoms with Crippen LogP contribution < -0.4 is 9.62 Å². The Bertz CT molecular complexity index is 842. The van der Waals surface area contributed by atoms with Gasteiger partial charge in [-0.05, 0) is 56.2 Å². The average molecular weight is 467 g/mol. The van der Waals surface area contributed by atoms with E-state index in [0.29, 0.717) is 29.6 Å². The molecule has 3 rings (SSSR count). The number of sulfonamides is 1. The van der Waals surface area contributed by atoms with Crippen LogP contribution in [0, 0.1) is 5.92 Å². The molecule has 1 aromatic rings. The first-order chi connectivity index (χ1) is 15.0. The molecule has 31 heavy (non-hydrogen) atoms. The third-order valence-electron chi connectivity index (χ3n) is 6.16. The SMILES string of the molecule is C=C/C=C/CCNS(=O)(=O)c1cc(Cl)ccc1N1CCC(OCC2CCCCC2)CC1. The van der Waals surface area contributed by atoms with E-state index in [1.54, 1.807) is 24.3 Å². The second-order valence-electron chi connectivity index (χ2n) is 8.49. The van der Waals surface area contributed by atoms with Gasteiger partial charge in [0.2, 0.25) is 10.0 Å². The zero-order valence-electron chi connectivity index (χ0n) is 18.3. The normalized spacial score (nSPS) is 19.2. The monoisotopic (exact) mass is 466 g/mol. The molecular formula is C24H35ClN2O3S. The standard InChI is InChI=1S/C24H35ClN2O3S/c1-2-3-4-8-15-26-31(28,29)24-18-21(25)11-12-23(24)27-16-13-22(14-17-27)30-19-20-9-6-5-7-10-20/h2-4,11-12,18,20,22,26H,1,5-10,13-17,19H2/b4-3+. The van der Waals surface area contributed by atoms with Crippen LogP contribution in [0.3, 0.4) is 0 Å². The van der Waals surface area contributed by atoms with E-state index in [9.17, 15) is 8.42 Å². The fraction of sp³-hybridized carbons (Fsp3) is 0.583. The number of piperidine rings is 1. The lowest BCUT2D eigenvalue weighted by Gasteiger charge is -2.35. The molecule has 0 amide bonds. The van der Waals surface area contributed by atoms with E-state index in [4.69, 9.17) is 16.3 Å². The smallest absolute Gasteiger partial charge is 0.242 e. The Morgan fingerprint density at radius 1 is 1.16 bits per heavy atom. The van der Waals surface area contributed by atoms with Gasteiger partial charge in [0.1, 0.15) is 4.90 Å². The number of hydrogen-bond acceptors (Lipinski definition) is 4. The number of benzene rings is 1. The molecule has 0 atom stereocenters. The van der Waals surface area contributed by atoms with Crippen LogP contribution in [-0.4, -0.2) is 40.8 Å². The maximum absolute atomic E-state index is 13.0. The highest BCUT2D eigenvalue weighted by molar-refractivity contribution is 7.89. The van der Waals surface area contributed by atoms with Crippen LogP contribution in [0.15, 0.2) is 47.9 Å². The quantitative estimate of drug-likeness (QED) is 0.374. The van der Waals surface area contributed by atoms with Gasteiger partial charge in [-0.1, -0.05) is 55.7 Å². The molecule has 0 bridgehead atoms. The summed E-state index contributed by atoms with van der Waals surface area (Å²) < 4.78 is 34.8. The first-order valence-electron chi connectivity index (χ1n) is 11.4. The summed E-state index contributed by atoms with van der Waals surface area (Å²) in [7, 11) is -3.66. The minimum atomic E-state index is -3.66. The molecule has 0 unspecified atom stereocenters. The van der Waals surface area contributed by atoms with Crippen molar-refractivity contribution in [1.82, 2.24) is 4.72 Å². The fourth-order valence-corrected chi connectivity index (χ4v) is 5.93. The van der Waals surface area contributed by atoms with Crippen molar-refractivity contribution in [2.24, 2.45) is 5.92 Å². The summed E-state index contributed by atoms with van der Waals surface area (Å²) in [6.45, 7) is 6.37. The van der Waals surface area contributed by atoms with E-state index in [1.165, 1.54) is 32.1 Å². The minimum absolute atomic E-state index is 0.245. The van der Waals surface area contributed by atoms with Crippen LogP contribution in [0.4, 0.5) is 5.69 Å².